The predicted molar refractivity (Wildman–Crippen MR) is 80.4 cm³/mol. The van der Waals surface area contributed by atoms with Crippen molar-refractivity contribution >= 4 is 43.2 Å². The third-order valence-corrected chi connectivity index (χ3v) is 4.02. The summed E-state index contributed by atoms with van der Waals surface area (Å²) in [5.74, 6) is -0.747. The Morgan fingerprint density at radius 2 is 2.10 bits per heavy atom. The fourth-order valence-corrected chi connectivity index (χ4v) is 2.85. The Balaban J connectivity index is 2.14. The molecule has 0 bridgehead atoms. The second kappa shape index (κ2) is 5.38. The molecule has 8 heteroatoms. The van der Waals surface area contributed by atoms with E-state index in [1.54, 1.807) is 6.07 Å². The second-order valence-corrected chi connectivity index (χ2v) is 5.85. The minimum absolute atomic E-state index is 0.0459. The number of thiazole rings is 1. The number of benzene rings is 2. The Hall–Kier alpha value is -2.06. The van der Waals surface area contributed by atoms with Gasteiger partial charge in [0, 0.05) is 4.47 Å². The summed E-state index contributed by atoms with van der Waals surface area (Å²) in [7, 11) is 0. The SMILES string of the molecule is O=[N+]([O-])c1c(Oc2cc(Br)ccc2F)ccc2scnc12. The lowest BCUT2D eigenvalue weighted by Crippen LogP contribution is -1.96. The van der Waals surface area contributed by atoms with Gasteiger partial charge in [0.2, 0.25) is 5.75 Å². The maximum Gasteiger partial charge on any atom is 0.338 e. The van der Waals surface area contributed by atoms with Crippen LogP contribution >= 0.6 is 27.3 Å². The van der Waals surface area contributed by atoms with Gasteiger partial charge >= 0.3 is 5.69 Å². The standard InChI is InChI=1S/C13H6BrFN2O3S/c14-7-1-2-8(15)10(5-7)20-9-3-4-11-12(16-6-21-11)13(9)17(18)19/h1-6H. The molecule has 0 unspecified atom stereocenters. The van der Waals surface area contributed by atoms with E-state index in [9.17, 15) is 14.5 Å². The van der Waals surface area contributed by atoms with Crippen molar-refractivity contribution in [3.63, 3.8) is 0 Å². The highest BCUT2D eigenvalue weighted by Gasteiger charge is 2.23. The summed E-state index contributed by atoms with van der Waals surface area (Å²) in [5, 5.41) is 11.3. The van der Waals surface area contributed by atoms with Crippen LogP contribution in [0, 0.1) is 15.9 Å². The first-order valence-electron chi connectivity index (χ1n) is 5.70. The monoisotopic (exact) mass is 368 g/mol. The van der Waals surface area contributed by atoms with Crippen LogP contribution in [-0.4, -0.2) is 9.91 Å². The van der Waals surface area contributed by atoms with Crippen LogP contribution in [0.25, 0.3) is 10.2 Å². The molecule has 0 aliphatic rings. The zero-order valence-corrected chi connectivity index (χ0v) is 12.6. The number of nitrogens with zero attached hydrogens (tertiary/aromatic N) is 2. The maximum atomic E-state index is 13.7. The number of rotatable bonds is 3. The smallest absolute Gasteiger partial charge is 0.338 e. The van der Waals surface area contributed by atoms with E-state index in [0.717, 1.165) is 0 Å². The summed E-state index contributed by atoms with van der Waals surface area (Å²) in [6.45, 7) is 0. The minimum atomic E-state index is -0.606. The number of nitro groups is 1. The van der Waals surface area contributed by atoms with Crippen molar-refractivity contribution in [1.29, 1.82) is 0 Å². The van der Waals surface area contributed by atoms with Crippen LogP contribution in [0.5, 0.6) is 11.5 Å². The lowest BCUT2D eigenvalue weighted by atomic mass is 10.2. The maximum absolute atomic E-state index is 13.7. The second-order valence-electron chi connectivity index (χ2n) is 4.05. The predicted octanol–water partition coefficient (Wildman–Crippen LogP) is 4.90. The molecule has 0 atom stereocenters. The van der Waals surface area contributed by atoms with Gasteiger partial charge in [-0.3, -0.25) is 10.1 Å². The van der Waals surface area contributed by atoms with Crippen molar-refractivity contribution in [2.75, 3.05) is 0 Å². The number of hydrogen-bond donors (Lipinski definition) is 0. The first kappa shape index (κ1) is 13.9. The fourth-order valence-electron chi connectivity index (χ4n) is 1.83. The lowest BCUT2D eigenvalue weighted by Gasteiger charge is -2.08. The van der Waals surface area contributed by atoms with E-state index in [1.807, 2.05) is 0 Å². The Bertz CT molecular complexity index is 853. The van der Waals surface area contributed by atoms with Crippen LogP contribution in [0.4, 0.5) is 10.1 Å². The largest absolute Gasteiger partial charge is 0.447 e. The molecule has 1 aromatic heterocycles. The van der Waals surface area contributed by atoms with Crippen molar-refractivity contribution < 1.29 is 14.1 Å². The molecule has 3 aromatic rings. The molecule has 2 aromatic carbocycles. The Kier molecular flexibility index (Phi) is 3.56. The molecule has 0 amide bonds. The van der Waals surface area contributed by atoms with Gasteiger partial charge in [0.15, 0.2) is 17.1 Å². The number of hydrogen-bond acceptors (Lipinski definition) is 5. The van der Waals surface area contributed by atoms with Crippen molar-refractivity contribution in [3.05, 3.63) is 56.2 Å². The summed E-state index contributed by atoms with van der Waals surface area (Å²) in [6, 6.07) is 7.24. The molecule has 1 heterocycles. The average Bonchev–Trinajstić information content (AvgIpc) is 2.90. The van der Waals surface area contributed by atoms with Gasteiger partial charge in [-0.15, -0.1) is 11.3 Å². The molecule has 0 saturated carbocycles. The Morgan fingerprint density at radius 1 is 1.29 bits per heavy atom. The molecule has 0 aliphatic heterocycles. The lowest BCUT2D eigenvalue weighted by molar-refractivity contribution is -0.384. The normalized spacial score (nSPS) is 10.8. The van der Waals surface area contributed by atoms with E-state index in [1.165, 1.54) is 41.1 Å². The zero-order valence-electron chi connectivity index (χ0n) is 10.2. The van der Waals surface area contributed by atoms with Crippen LogP contribution < -0.4 is 4.74 Å². The van der Waals surface area contributed by atoms with Gasteiger partial charge in [0.25, 0.3) is 0 Å². The fraction of sp³-hybridized carbons (Fsp3) is 0. The Labute approximate surface area is 130 Å². The van der Waals surface area contributed by atoms with Gasteiger partial charge in [-0.1, -0.05) is 15.9 Å². The number of aromatic nitrogens is 1. The highest BCUT2D eigenvalue weighted by atomic mass is 79.9. The molecule has 0 radical (unpaired) electrons. The molecule has 0 fully saturated rings. The zero-order chi connectivity index (χ0) is 15.0. The summed E-state index contributed by atoms with van der Waals surface area (Å²) in [5.41, 5.74) is 1.48. The number of halogens is 2. The van der Waals surface area contributed by atoms with Crippen molar-refractivity contribution in [2.45, 2.75) is 0 Å². The summed E-state index contributed by atoms with van der Waals surface area (Å²) >= 11 is 4.49. The molecule has 0 aliphatic carbocycles. The highest BCUT2D eigenvalue weighted by Crippen LogP contribution is 2.39. The van der Waals surface area contributed by atoms with E-state index >= 15 is 0 Å². The quantitative estimate of drug-likeness (QED) is 0.487. The first-order valence-corrected chi connectivity index (χ1v) is 7.37. The number of fused-ring (bicyclic) bond motifs is 1. The third kappa shape index (κ3) is 2.59. The van der Waals surface area contributed by atoms with Crippen LogP contribution in [0.1, 0.15) is 0 Å². The van der Waals surface area contributed by atoms with E-state index in [4.69, 9.17) is 4.74 Å². The Morgan fingerprint density at radius 3 is 2.86 bits per heavy atom. The molecule has 106 valence electrons. The third-order valence-electron chi connectivity index (χ3n) is 2.73. The number of ether oxygens (including phenoxy) is 1. The van der Waals surface area contributed by atoms with E-state index < -0.39 is 10.7 Å². The summed E-state index contributed by atoms with van der Waals surface area (Å²) in [4.78, 5) is 14.7. The summed E-state index contributed by atoms with van der Waals surface area (Å²) < 4.78 is 20.4. The van der Waals surface area contributed by atoms with Gasteiger partial charge in [0.1, 0.15) is 0 Å². The van der Waals surface area contributed by atoms with Gasteiger partial charge in [0.05, 0.1) is 15.1 Å². The van der Waals surface area contributed by atoms with Crippen LogP contribution in [-0.2, 0) is 0 Å². The number of nitro benzene ring substituents is 1. The van der Waals surface area contributed by atoms with Crippen molar-refractivity contribution in [3.8, 4) is 11.5 Å². The molecule has 0 spiro atoms. The van der Waals surface area contributed by atoms with Gasteiger partial charge in [-0.2, -0.15) is 0 Å². The van der Waals surface area contributed by atoms with Crippen molar-refractivity contribution in [1.82, 2.24) is 4.98 Å². The minimum Gasteiger partial charge on any atom is -0.447 e. The van der Waals surface area contributed by atoms with Crippen LogP contribution in [0.15, 0.2) is 40.3 Å². The molecule has 3 rings (SSSR count). The van der Waals surface area contributed by atoms with Gasteiger partial charge in [-0.25, -0.2) is 9.37 Å². The molecule has 21 heavy (non-hydrogen) atoms. The van der Waals surface area contributed by atoms with Crippen molar-refractivity contribution in [2.24, 2.45) is 0 Å². The van der Waals surface area contributed by atoms with Crippen LogP contribution in [0.3, 0.4) is 0 Å². The van der Waals surface area contributed by atoms with E-state index in [2.05, 4.69) is 20.9 Å². The molecule has 0 N–H and O–H groups in total. The summed E-state index contributed by atoms with van der Waals surface area (Å²) in [6.07, 6.45) is 0. The van der Waals surface area contributed by atoms with Gasteiger partial charge < -0.3 is 4.74 Å². The topological polar surface area (TPSA) is 65.3 Å². The van der Waals surface area contributed by atoms with E-state index in [0.29, 0.717) is 9.17 Å². The molecular weight excluding hydrogens is 363 g/mol. The van der Waals surface area contributed by atoms with E-state index in [-0.39, 0.29) is 22.7 Å². The van der Waals surface area contributed by atoms with Crippen LogP contribution in [0.2, 0.25) is 0 Å². The first-order chi connectivity index (χ1) is 10.1. The van der Waals surface area contributed by atoms with Gasteiger partial charge in [-0.05, 0) is 30.3 Å². The molecular formula is C13H6BrFN2O3S. The average molecular weight is 369 g/mol. The highest BCUT2D eigenvalue weighted by molar-refractivity contribution is 9.10. The molecule has 5 nitrogen and oxygen atoms in total. The molecule has 0 saturated heterocycles.